The summed E-state index contributed by atoms with van der Waals surface area (Å²) in [5.41, 5.74) is 11.4. The smallest absolute Gasteiger partial charge is 0.403 e. The fraction of sp³-hybridized carbons (Fsp3) is 0.591. The summed E-state index contributed by atoms with van der Waals surface area (Å²) in [5.74, 6) is -15.6. The summed E-state index contributed by atoms with van der Waals surface area (Å²) in [4.78, 5) is 120. The Kier molecular flexibility index (Phi) is 22.2. The number of nitrogens with two attached hydrogens (primary N) is 2. The van der Waals surface area contributed by atoms with Crippen molar-refractivity contribution in [2.75, 3.05) is 26.7 Å². The number of aliphatic carboxylic acids is 1. The van der Waals surface area contributed by atoms with E-state index in [4.69, 9.17) is 11.5 Å². The Hall–Kier alpha value is -7.20. The topological polar surface area (TPSA) is 358 Å². The molecule has 406 valence electrons. The number of likely N-dealkylation sites (N-methyl/N-ethyl adjacent to an activating group) is 1. The lowest BCUT2D eigenvalue weighted by Gasteiger charge is -2.32. The van der Waals surface area contributed by atoms with Crippen molar-refractivity contribution in [1.82, 2.24) is 52.1 Å². The molecule has 1 aromatic carbocycles. The van der Waals surface area contributed by atoms with Gasteiger partial charge in [-0.2, -0.15) is 26.3 Å². The van der Waals surface area contributed by atoms with Gasteiger partial charge < -0.3 is 68.8 Å². The summed E-state index contributed by atoms with van der Waals surface area (Å²) in [5, 5.41) is 36.3. The van der Waals surface area contributed by atoms with E-state index < -0.39 is 120 Å². The zero-order valence-corrected chi connectivity index (χ0v) is 40.5. The van der Waals surface area contributed by atoms with E-state index in [1.807, 2.05) is 0 Å². The number of carboxylic acids is 1. The molecule has 1 fully saturated rings. The number of likely N-dealkylation sites (tertiary alicyclic amines) is 1. The number of aliphatic imine (C=N–C) groups is 1. The maximum Gasteiger partial charge on any atom is 0.403 e. The third-order valence-electron chi connectivity index (χ3n) is 11.5. The molecule has 14 N–H and O–H groups in total. The van der Waals surface area contributed by atoms with E-state index in [9.17, 15) is 74.9 Å². The fourth-order valence-electron chi connectivity index (χ4n) is 7.78. The summed E-state index contributed by atoms with van der Waals surface area (Å²) in [6.07, 6.45) is -10.4. The van der Waals surface area contributed by atoms with Gasteiger partial charge in [0.05, 0.1) is 12.9 Å². The predicted molar refractivity (Wildman–Crippen MR) is 247 cm³/mol. The number of carbonyl (C=O) groups is 8. The highest BCUT2D eigenvalue weighted by Crippen LogP contribution is 2.41. The number of nitrogens with zero attached hydrogens (tertiary/aromatic N) is 3. The molecule has 0 bridgehead atoms. The number of carboxylic acid groups (broad SMARTS) is 1. The van der Waals surface area contributed by atoms with Crippen molar-refractivity contribution < 1.29 is 74.9 Å². The summed E-state index contributed by atoms with van der Waals surface area (Å²) >= 11 is 0. The number of hydrogen-bond donors (Lipinski definition) is 12. The quantitative estimate of drug-likeness (QED) is 0.0238. The van der Waals surface area contributed by atoms with Gasteiger partial charge >= 0.3 is 18.3 Å². The van der Waals surface area contributed by atoms with Crippen molar-refractivity contribution in [3.63, 3.8) is 0 Å². The van der Waals surface area contributed by atoms with Gasteiger partial charge in [-0.1, -0.05) is 39.8 Å². The monoisotopic (exact) mass is 1050 g/mol. The van der Waals surface area contributed by atoms with Gasteiger partial charge in [0.15, 0.2) is 11.9 Å². The second-order valence-electron chi connectivity index (χ2n) is 17.9. The second-order valence-corrected chi connectivity index (χ2v) is 17.9. The van der Waals surface area contributed by atoms with E-state index in [1.54, 1.807) is 13.8 Å². The molecule has 23 nitrogen and oxygen atoms in total. The summed E-state index contributed by atoms with van der Waals surface area (Å²) in [6.45, 7) is 5.94. The molecule has 7 amide bonds. The number of halogens is 6. The Bertz CT molecular complexity index is 2230. The molecule has 0 radical (unpaired) electrons. The molecule has 29 heteroatoms. The molecule has 1 aliphatic rings. The van der Waals surface area contributed by atoms with Crippen LogP contribution in [0.4, 0.5) is 26.3 Å². The van der Waals surface area contributed by atoms with Gasteiger partial charge in [0, 0.05) is 37.8 Å². The lowest BCUT2D eigenvalue weighted by atomic mass is 9.97. The fourth-order valence-corrected chi connectivity index (χ4v) is 7.78. The molecular formula is C44H63F6N13O10. The molecule has 7 atom stereocenters. The highest BCUT2D eigenvalue weighted by atomic mass is 19.4. The first kappa shape index (κ1) is 60.1. The van der Waals surface area contributed by atoms with Crippen molar-refractivity contribution >= 4 is 53.3 Å². The first-order chi connectivity index (χ1) is 34.0. The van der Waals surface area contributed by atoms with E-state index in [-0.39, 0.29) is 75.6 Å². The van der Waals surface area contributed by atoms with Crippen molar-refractivity contribution in [3.05, 3.63) is 48.0 Å². The van der Waals surface area contributed by atoms with Gasteiger partial charge in [-0.3, -0.25) is 38.6 Å². The maximum absolute atomic E-state index is 14.3. The Morgan fingerprint density at radius 2 is 1.34 bits per heavy atom. The average molecular weight is 1050 g/mol. The predicted octanol–water partition coefficient (Wildman–Crippen LogP) is -0.789. The highest BCUT2D eigenvalue weighted by molar-refractivity contribution is 5.98. The molecule has 2 aromatic rings. The molecule has 1 saturated heterocycles. The van der Waals surface area contributed by atoms with Crippen molar-refractivity contribution in [2.24, 2.45) is 34.2 Å². The third kappa shape index (κ3) is 18.4. The number of imidazole rings is 1. The van der Waals surface area contributed by atoms with Crippen molar-refractivity contribution in [1.29, 1.82) is 0 Å². The van der Waals surface area contributed by atoms with Crippen LogP contribution < -0.4 is 48.7 Å². The molecule has 0 spiro atoms. The van der Waals surface area contributed by atoms with Crippen LogP contribution in [0.25, 0.3) is 0 Å². The Labute approximate surface area is 415 Å². The van der Waals surface area contributed by atoms with Gasteiger partial charge in [0.25, 0.3) is 0 Å². The Morgan fingerprint density at radius 3 is 1.84 bits per heavy atom. The number of guanidine groups is 1. The molecule has 0 unspecified atom stereocenters. The van der Waals surface area contributed by atoms with E-state index >= 15 is 0 Å². The molecule has 3 rings (SSSR count). The van der Waals surface area contributed by atoms with E-state index in [1.165, 1.54) is 63.0 Å². The van der Waals surface area contributed by atoms with Crippen LogP contribution in [0.15, 0.2) is 41.8 Å². The molecule has 2 heterocycles. The van der Waals surface area contributed by atoms with E-state index in [0.29, 0.717) is 5.56 Å². The lowest BCUT2D eigenvalue weighted by Crippen LogP contribution is -2.62. The number of nitrogens with one attached hydrogen (secondary N) is 8. The van der Waals surface area contributed by atoms with Gasteiger partial charge in [0.2, 0.25) is 41.4 Å². The summed E-state index contributed by atoms with van der Waals surface area (Å²) in [6, 6.07) is -6.84. The number of amides is 7. The molecular weight excluding hydrogens is 985 g/mol. The largest absolute Gasteiger partial charge is 0.508 e. The zero-order chi connectivity index (χ0) is 55.0. The number of aromatic amines is 1. The normalized spacial score (nSPS) is 16.4. The second kappa shape index (κ2) is 27.0. The summed E-state index contributed by atoms with van der Waals surface area (Å²) in [7, 11) is 1.52. The van der Waals surface area contributed by atoms with E-state index in [0.717, 1.165) is 4.90 Å². The van der Waals surface area contributed by atoms with Gasteiger partial charge in [0.1, 0.15) is 48.0 Å². The average Bonchev–Trinajstić information content (AvgIpc) is 4.00. The lowest BCUT2D eigenvalue weighted by molar-refractivity contribution is -0.290. The number of alkyl halides is 6. The minimum atomic E-state index is -6.15. The minimum Gasteiger partial charge on any atom is -0.508 e. The number of rotatable bonds is 26. The van der Waals surface area contributed by atoms with Crippen LogP contribution in [0.3, 0.4) is 0 Å². The third-order valence-corrected chi connectivity index (χ3v) is 11.5. The number of aromatic nitrogens is 2. The molecule has 73 heavy (non-hydrogen) atoms. The first-order valence-corrected chi connectivity index (χ1v) is 23.0. The van der Waals surface area contributed by atoms with Gasteiger partial charge in [-0.15, -0.1) is 0 Å². The molecule has 0 aliphatic carbocycles. The first-order valence-electron chi connectivity index (χ1n) is 23.0. The van der Waals surface area contributed by atoms with Crippen LogP contribution in [0, 0.1) is 17.8 Å². The molecule has 1 aliphatic heterocycles. The van der Waals surface area contributed by atoms with Crippen LogP contribution in [-0.2, 0) is 51.2 Å². The van der Waals surface area contributed by atoms with Gasteiger partial charge in [-0.05, 0) is 62.3 Å². The molecule has 0 saturated carbocycles. The van der Waals surface area contributed by atoms with E-state index in [2.05, 4.69) is 46.9 Å². The van der Waals surface area contributed by atoms with Crippen LogP contribution in [0.1, 0.15) is 64.6 Å². The summed E-state index contributed by atoms with van der Waals surface area (Å²) < 4.78 is 81.5. The number of carbonyl (C=O) groups excluding carboxylic acids is 7. The van der Waals surface area contributed by atoms with Crippen LogP contribution in [0.2, 0.25) is 0 Å². The van der Waals surface area contributed by atoms with Crippen LogP contribution in [-0.4, -0.2) is 160 Å². The van der Waals surface area contributed by atoms with Gasteiger partial charge in [-0.25, -0.2) is 9.78 Å². The number of aromatic hydroxyl groups is 1. The zero-order valence-electron chi connectivity index (χ0n) is 40.5. The van der Waals surface area contributed by atoms with Crippen LogP contribution in [0.5, 0.6) is 5.75 Å². The Balaban J connectivity index is 1.93. The SMILES string of the molecule is CNCC(=O)N[C@@H](CCCN=C(N)N)C(=O)N[C@H](C(=O)N[C@@H](Cc1ccc(O)cc1)C(=O)N[C@H](C(=O)N[C@@H](Cc1cnc[nH]1)C(=O)N1CCC[C@H]1C(=O)N[C@@H](C(=O)O)C(C(F)(F)F)C(F)(F)F)C(C)C)C(C)C. The number of phenols is 1. The number of benzene rings is 1. The van der Waals surface area contributed by atoms with Crippen LogP contribution >= 0.6 is 0 Å². The molecule has 1 aromatic heterocycles. The van der Waals surface area contributed by atoms with Crippen molar-refractivity contribution in [3.8, 4) is 5.75 Å². The van der Waals surface area contributed by atoms with Crippen molar-refractivity contribution in [2.45, 2.75) is 121 Å². The number of phenolic OH excluding ortho intramolecular Hbond substituents is 1. The minimum absolute atomic E-state index is 0.0110. The Morgan fingerprint density at radius 1 is 0.781 bits per heavy atom. The number of H-pyrrole nitrogens is 1. The standard InChI is InChI=1S/C44H63F6N13O10/c1-21(2)31(60-35(66)26(57-30(65)19-53-5)8-6-14-55-42(51)52)38(69)58-27(16-23-10-12-25(64)13-11-23)36(67)61-32(22(3)4)39(70)59-28(17-24-18-54-20-56-24)40(71)63-15-7-9-29(63)37(68)62-33(41(72)73)34(43(45,46)47)44(48,49)50/h10-13,18,20-22,26-29,31-34,53,64H,6-9,14-17,19H2,1-5H3,(H,54,56)(H,57,65)(H,58,69)(H,59,70)(H,60,66)(H,61,67)(H,62,68)(H,72,73)(H4,51,52,55)/t26-,27-,28-,29-,31-,32-,33+/m0/s1. The highest BCUT2D eigenvalue weighted by Gasteiger charge is 2.63. The maximum atomic E-state index is 14.3. The number of hydrogen-bond acceptors (Lipinski definition) is 12.